The highest BCUT2D eigenvalue weighted by molar-refractivity contribution is 5.38. The van der Waals surface area contributed by atoms with E-state index in [4.69, 9.17) is 10.5 Å². The Kier molecular flexibility index (Phi) is 2.23. The predicted molar refractivity (Wildman–Crippen MR) is 57.6 cm³/mol. The van der Waals surface area contributed by atoms with E-state index in [1.807, 2.05) is 6.07 Å². The van der Waals surface area contributed by atoms with Crippen molar-refractivity contribution in [2.45, 2.75) is 32.2 Å². The minimum atomic E-state index is -0.126. The van der Waals surface area contributed by atoms with Crippen LogP contribution in [0.4, 0.5) is 0 Å². The van der Waals surface area contributed by atoms with Gasteiger partial charge in [0.1, 0.15) is 5.75 Å². The third-order valence-electron chi connectivity index (χ3n) is 2.74. The van der Waals surface area contributed by atoms with Crippen molar-refractivity contribution in [1.82, 2.24) is 0 Å². The molecule has 1 aromatic carbocycles. The Hall–Kier alpha value is -1.02. The van der Waals surface area contributed by atoms with Gasteiger partial charge in [-0.1, -0.05) is 17.7 Å². The first-order chi connectivity index (χ1) is 6.57. The molecule has 0 spiro atoms. The fourth-order valence-electron chi connectivity index (χ4n) is 1.90. The molecule has 1 aromatic rings. The van der Waals surface area contributed by atoms with E-state index in [1.165, 1.54) is 11.1 Å². The number of benzene rings is 1. The van der Waals surface area contributed by atoms with Crippen LogP contribution in [0.3, 0.4) is 0 Å². The van der Waals surface area contributed by atoms with Crippen LogP contribution in [-0.4, -0.2) is 12.1 Å². The third-order valence-corrected chi connectivity index (χ3v) is 2.74. The van der Waals surface area contributed by atoms with Gasteiger partial charge in [-0.25, -0.2) is 0 Å². The highest BCUT2D eigenvalue weighted by Gasteiger charge is 2.24. The lowest BCUT2D eigenvalue weighted by atomic mass is 9.91. The van der Waals surface area contributed by atoms with Crippen molar-refractivity contribution in [3.05, 3.63) is 29.3 Å². The largest absolute Gasteiger partial charge is 0.493 e. The molecule has 2 rings (SSSR count). The van der Waals surface area contributed by atoms with Crippen LogP contribution in [0.2, 0.25) is 0 Å². The molecule has 1 aliphatic heterocycles. The van der Waals surface area contributed by atoms with E-state index in [9.17, 15) is 0 Å². The summed E-state index contributed by atoms with van der Waals surface area (Å²) in [5.41, 5.74) is 8.55. The fourth-order valence-corrected chi connectivity index (χ4v) is 1.90. The number of ether oxygens (including phenoxy) is 1. The van der Waals surface area contributed by atoms with Crippen molar-refractivity contribution in [2.24, 2.45) is 5.73 Å². The predicted octanol–water partition coefficient (Wildman–Crippen LogP) is 2.04. The van der Waals surface area contributed by atoms with E-state index in [0.29, 0.717) is 0 Å². The van der Waals surface area contributed by atoms with Crippen LogP contribution < -0.4 is 10.5 Å². The molecule has 2 N–H and O–H groups in total. The first kappa shape index (κ1) is 9.53. The number of hydrogen-bond donors (Lipinski definition) is 1. The molecule has 0 bridgehead atoms. The zero-order valence-corrected chi connectivity index (χ0v) is 8.84. The third kappa shape index (κ3) is 1.90. The number of hydrogen-bond acceptors (Lipinski definition) is 2. The molecule has 1 atom stereocenters. The molecule has 2 nitrogen and oxygen atoms in total. The van der Waals surface area contributed by atoms with Crippen LogP contribution in [0.15, 0.2) is 18.2 Å². The van der Waals surface area contributed by atoms with Gasteiger partial charge >= 0.3 is 0 Å². The highest BCUT2D eigenvalue weighted by atomic mass is 16.5. The molecule has 2 heteroatoms. The SMILES string of the molecule is Cc1ccc2c(c1)CC(C)(N)CCO2. The van der Waals surface area contributed by atoms with Gasteiger partial charge < -0.3 is 10.5 Å². The van der Waals surface area contributed by atoms with Crippen molar-refractivity contribution < 1.29 is 4.74 Å². The van der Waals surface area contributed by atoms with Gasteiger partial charge in [0.25, 0.3) is 0 Å². The first-order valence-electron chi connectivity index (χ1n) is 5.08. The molecule has 1 aliphatic rings. The van der Waals surface area contributed by atoms with Gasteiger partial charge in [0.2, 0.25) is 0 Å². The fraction of sp³-hybridized carbons (Fsp3) is 0.500. The zero-order chi connectivity index (χ0) is 10.2. The number of aryl methyl sites for hydroxylation is 1. The van der Waals surface area contributed by atoms with Crippen LogP contribution in [0.5, 0.6) is 5.75 Å². The molecule has 0 fully saturated rings. The molecular weight excluding hydrogens is 174 g/mol. The lowest BCUT2D eigenvalue weighted by molar-refractivity contribution is 0.285. The molecule has 1 heterocycles. The summed E-state index contributed by atoms with van der Waals surface area (Å²) in [6.45, 7) is 4.91. The molecule has 1 unspecified atom stereocenters. The first-order valence-corrected chi connectivity index (χ1v) is 5.08. The van der Waals surface area contributed by atoms with Crippen molar-refractivity contribution in [1.29, 1.82) is 0 Å². The lowest BCUT2D eigenvalue weighted by Crippen LogP contribution is -2.38. The van der Waals surface area contributed by atoms with Crippen molar-refractivity contribution in [2.75, 3.05) is 6.61 Å². The van der Waals surface area contributed by atoms with Crippen LogP contribution in [0.25, 0.3) is 0 Å². The van der Waals surface area contributed by atoms with Crippen LogP contribution in [0, 0.1) is 6.92 Å². The maximum atomic E-state index is 6.16. The smallest absolute Gasteiger partial charge is 0.122 e. The lowest BCUT2D eigenvalue weighted by Gasteiger charge is -2.21. The van der Waals surface area contributed by atoms with Gasteiger partial charge in [-0.3, -0.25) is 0 Å². The Labute approximate surface area is 85.1 Å². The molecule has 76 valence electrons. The maximum Gasteiger partial charge on any atom is 0.122 e. The average Bonchev–Trinajstić information content (AvgIpc) is 2.21. The summed E-state index contributed by atoms with van der Waals surface area (Å²) in [5.74, 6) is 1.00. The quantitative estimate of drug-likeness (QED) is 0.681. The monoisotopic (exact) mass is 191 g/mol. The van der Waals surface area contributed by atoms with E-state index >= 15 is 0 Å². The minimum Gasteiger partial charge on any atom is -0.493 e. The Morgan fingerprint density at radius 1 is 1.43 bits per heavy atom. The average molecular weight is 191 g/mol. The number of rotatable bonds is 0. The second-order valence-electron chi connectivity index (χ2n) is 4.54. The van der Waals surface area contributed by atoms with Gasteiger partial charge in [0, 0.05) is 5.54 Å². The summed E-state index contributed by atoms with van der Waals surface area (Å²) in [6.07, 6.45) is 1.82. The molecular formula is C12H17NO. The van der Waals surface area contributed by atoms with Crippen LogP contribution in [-0.2, 0) is 6.42 Å². The topological polar surface area (TPSA) is 35.2 Å². The van der Waals surface area contributed by atoms with Gasteiger partial charge in [-0.15, -0.1) is 0 Å². The zero-order valence-electron chi connectivity index (χ0n) is 8.84. The normalized spacial score (nSPS) is 26.2. The second-order valence-corrected chi connectivity index (χ2v) is 4.54. The number of nitrogens with two attached hydrogens (primary N) is 1. The van der Waals surface area contributed by atoms with E-state index in [1.54, 1.807) is 0 Å². The summed E-state index contributed by atoms with van der Waals surface area (Å²) in [6, 6.07) is 6.30. The second kappa shape index (κ2) is 3.28. The van der Waals surface area contributed by atoms with Crippen molar-refractivity contribution in [3.63, 3.8) is 0 Å². The molecule has 0 saturated heterocycles. The highest BCUT2D eigenvalue weighted by Crippen LogP contribution is 2.28. The molecule has 0 radical (unpaired) electrons. The van der Waals surface area contributed by atoms with E-state index in [-0.39, 0.29) is 5.54 Å². The Morgan fingerprint density at radius 2 is 2.21 bits per heavy atom. The molecule has 14 heavy (non-hydrogen) atoms. The Morgan fingerprint density at radius 3 is 3.00 bits per heavy atom. The summed E-state index contributed by atoms with van der Waals surface area (Å²) in [5, 5.41) is 0. The minimum absolute atomic E-state index is 0.126. The summed E-state index contributed by atoms with van der Waals surface area (Å²) in [4.78, 5) is 0. The van der Waals surface area contributed by atoms with Crippen LogP contribution >= 0.6 is 0 Å². The number of fused-ring (bicyclic) bond motifs is 1. The maximum absolute atomic E-state index is 6.16. The Bertz CT molecular complexity index is 344. The van der Waals surface area contributed by atoms with Crippen molar-refractivity contribution in [3.8, 4) is 5.75 Å². The molecule has 0 saturated carbocycles. The summed E-state index contributed by atoms with van der Waals surface area (Å²) >= 11 is 0. The van der Waals surface area contributed by atoms with Gasteiger partial charge in [-0.2, -0.15) is 0 Å². The van der Waals surface area contributed by atoms with Gasteiger partial charge in [-0.05, 0) is 38.3 Å². The molecule has 0 aromatic heterocycles. The molecule has 0 aliphatic carbocycles. The van der Waals surface area contributed by atoms with E-state index in [0.717, 1.165) is 25.2 Å². The standard InChI is InChI=1S/C12H17NO/c1-9-3-4-11-10(7-9)8-12(2,13)5-6-14-11/h3-4,7H,5-6,8,13H2,1-2H3. The summed E-state index contributed by atoms with van der Waals surface area (Å²) < 4.78 is 5.66. The van der Waals surface area contributed by atoms with Crippen LogP contribution in [0.1, 0.15) is 24.5 Å². The summed E-state index contributed by atoms with van der Waals surface area (Å²) in [7, 11) is 0. The van der Waals surface area contributed by atoms with Crippen molar-refractivity contribution >= 4 is 0 Å². The Balaban J connectivity index is 2.38. The molecule has 0 amide bonds. The van der Waals surface area contributed by atoms with Gasteiger partial charge in [0.15, 0.2) is 0 Å². The van der Waals surface area contributed by atoms with E-state index < -0.39 is 0 Å². The van der Waals surface area contributed by atoms with Gasteiger partial charge in [0.05, 0.1) is 6.61 Å². The van der Waals surface area contributed by atoms with E-state index in [2.05, 4.69) is 26.0 Å².